The van der Waals surface area contributed by atoms with Gasteiger partial charge in [0, 0.05) is 0 Å². The second kappa shape index (κ2) is 3.86. The molecule has 90 valence electrons. The van der Waals surface area contributed by atoms with Gasteiger partial charge in [-0.25, -0.2) is 0 Å². The van der Waals surface area contributed by atoms with Crippen LogP contribution in [-0.4, -0.2) is 11.1 Å². The smallest absolute Gasteiger partial charge is 0.314 e. The molecule has 0 bridgehead atoms. The van der Waals surface area contributed by atoms with Crippen molar-refractivity contribution < 1.29 is 9.90 Å². The summed E-state index contributed by atoms with van der Waals surface area (Å²) >= 11 is 0. The Morgan fingerprint density at radius 1 is 1.06 bits per heavy atom. The van der Waals surface area contributed by atoms with Crippen LogP contribution >= 0.6 is 0 Å². The van der Waals surface area contributed by atoms with Gasteiger partial charge in [-0.1, -0.05) is 24.6 Å². The Labute approximate surface area is 102 Å². The first-order chi connectivity index (χ1) is 8.22. The van der Waals surface area contributed by atoms with E-state index in [-0.39, 0.29) is 0 Å². The molecule has 0 amide bonds. The highest BCUT2D eigenvalue weighted by molar-refractivity contribution is 5.82. The van der Waals surface area contributed by atoms with Crippen LogP contribution in [0.1, 0.15) is 48.8 Å². The molecule has 1 fully saturated rings. The van der Waals surface area contributed by atoms with E-state index in [1.807, 2.05) is 0 Å². The van der Waals surface area contributed by atoms with Crippen LogP contribution in [0.3, 0.4) is 0 Å². The van der Waals surface area contributed by atoms with E-state index in [2.05, 4.69) is 18.2 Å². The number of carboxylic acids is 1. The largest absolute Gasteiger partial charge is 0.481 e. The fourth-order valence-electron chi connectivity index (χ4n) is 3.19. The molecule has 0 aromatic heterocycles. The first-order valence-electron chi connectivity index (χ1n) is 6.58. The highest BCUT2D eigenvalue weighted by Crippen LogP contribution is 2.44. The third-order valence-corrected chi connectivity index (χ3v) is 4.52. The van der Waals surface area contributed by atoms with Gasteiger partial charge >= 0.3 is 5.97 Å². The average Bonchev–Trinajstić information content (AvgIpc) is 2.27. The van der Waals surface area contributed by atoms with E-state index in [0.717, 1.165) is 37.7 Å². The summed E-state index contributed by atoms with van der Waals surface area (Å²) < 4.78 is 0. The topological polar surface area (TPSA) is 37.3 Å². The number of fused-ring (bicyclic) bond motifs is 1. The van der Waals surface area contributed by atoms with Crippen LogP contribution in [-0.2, 0) is 23.1 Å². The van der Waals surface area contributed by atoms with Crippen LogP contribution in [0.2, 0.25) is 0 Å². The Balaban J connectivity index is 2.01. The quantitative estimate of drug-likeness (QED) is 0.847. The summed E-state index contributed by atoms with van der Waals surface area (Å²) in [7, 11) is 0. The lowest BCUT2D eigenvalue weighted by Gasteiger charge is -2.38. The Bertz CT molecular complexity index is 458. The van der Waals surface area contributed by atoms with E-state index >= 15 is 0 Å². The van der Waals surface area contributed by atoms with E-state index in [9.17, 15) is 9.90 Å². The minimum Gasteiger partial charge on any atom is -0.481 e. The van der Waals surface area contributed by atoms with Gasteiger partial charge in [-0.2, -0.15) is 0 Å². The summed E-state index contributed by atoms with van der Waals surface area (Å²) in [5.74, 6) is -0.639. The number of hydrogen-bond acceptors (Lipinski definition) is 1. The number of hydrogen-bond donors (Lipinski definition) is 1. The maximum Gasteiger partial charge on any atom is 0.314 e. The Hall–Kier alpha value is -1.31. The molecule has 2 aliphatic carbocycles. The number of carbonyl (C=O) groups is 1. The summed E-state index contributed by atoms with van der Waals surface area (Å²) in [5.41, 5.74) is 3.30. The number of carboxylic acid groups (broad SMARTS) is 1. The van der Waals surface area contributed by atoms with Gasteiger partial charge in [-0.3, -0.25) is 4.79 Å². The van der Waals surface area contributed by atoms with E-state index in [1.165, 1.54) is 24.0 Å². The Morgan fingerprint density at radius 2 is 1.76 bits per heavy atom. The molecule has 0 spiro atoms. The molecule has 0 atom stereocenters. The van der Waals surface area contributed by atoms with Crippen molar-refractivity contribution in [3.63, 3.8) is 0 Å². The summed E-state index contributed by atoms with van der Waals surface area (Å²) in [4.78, 5) is 11.5. The molecule has 1 N–H and O–H groups in total. The fourth-order valence-corrected chi connectivity index (χ4v) is 3.19. The molecule has 2 heteroatoms. The van der Waals surface area contributed by atoms with Crippen LogP contribution in [0.15, 0.2) is 18.2 Å². The van der Waals surface area contributed by atoms with E-state index in [1.54, 1.807) is 0 Å². The third kappa shape index (κ3) is 1.58. The molecule has 1 aromatic rings. The lowest BCUT2D eigenvalue weighted by Crippen LogP contribution is -2.42. The minimum absolute atomic E-state index is 0.563. The van der Waals surface area contributed by atoms with Crippen molar-refractivity contribution in [3.05, 3.63) is 34.9 Å². The van der Waals surface area contributed by atoms with Crippen LogP contribution in [0.25, 0.3) is 0 Å². The van der Waals surface area contributed by atoms with Gasteiger partial charge in [0.15, 0.2) is 0 Å². The second-order valence-electron chi connectivity index (χ2n) is 5.43. The minimum atomic E-state index is -0.639. The zero-order valence-electron chi connectivity index (χ0n) is 10.0. The van der Waals surface area contributed by atoms with Crippen LogP contribution < -0.4 is 0 Å². The highest BCUT2D eigenvalue weighted by Gasteiger charge is 2.46. The number of aryl methyl sites for hydroxylation is 2. The second-order valence-corrected chi connectivity index (χ2v) is 5.43. The van der Waals surface area contributed by atoms with Gasteiger partial charge in [-0.15, -0.1) is 0 Å². The van der Waals surface area contributed by atoms with Gasteiger partial charge < -0.3 is 5.11 Å². The monoisotopic (exact) mass is 230 g/mol. The molecule has 1 aromatic carbocycles. The normalized spacial score (nSPS) is 21.4. The summed E-state index contributed by atoms with van der Waals surface area (Å²) in [6.07, 6.45) is 7.47. The van der Waals surface area contributed by atoms with Crippen molar-refractivity contribution in [3.8, 4) is 0 Å². The van der Waals surface area contributed by atoms with Crippen molar-refractivity contribution in [2.75, 3.05) is 0 Å². The van der Waals surface area contributed by atoms with Gasteiger partial charge in [0.25, 0.3) is 0 Å². The fraction of sp³-hybridized carbons (Fsp3) is 0.533. The van der Waals surface area contributed by atoms with Crippen molar-refractivity contribution in [2.24, 2.45) is 0 Å². The van der Waals surface area contributed by atoms with Gasteiger partial charge in [0.1, 0.15) is 0 Å². The zero-order valence-corrected chi connectivity index (χ0v) is 10.0. The molecule has 2 aliphatic rings. The SMILES string of the molecule is O=C(O)C1(c2ccc3c(c2)CCCC3)CCC1. The van der Waals surface area contributed by atoms with Crippen molar-refractivity contribution >= 4 is 5.97 Å². The average molecular weight is 230 g/mol. The predicted octanol–water partition coefficient (Wildman–Crippen LogP) is 3.07. The van der Waals surface area contributed by atoms with Crippen LogP contribution in [0, 0.1) is 0 Å². The molecule has 0 aliphatic heterocycles. The molecule has 1 saturated carbocycles. The molecule has 0 unspecified atom stereocenters. The number of aliphatic carboxylic acids is 1. The predicted molar refractivity (Wildman–Crippen MR) is 66.2 cm³/mol. The zero-order chi connectivity index (χ0) is 11.9. The number of rotatable bonds is 2. The van der Waals surface area contributed by atoms with Crippen molar-refractivity contribution in [1.29, 1.82) is 0 Å². The third-order valence-electron chi connectivity index (χ3n) is 4.52. The first kappa shape index (κ1) is 10.8. The first-order valence-corrected chi connectivity index (χ1v) is 6.58. The number of benzene rings is 1. The van der Waals surface area contributed by atoms with Gasteiger partial charge in [-0.05, 0) is 55.2 Å². The van der Waals surface area contributed by atoms with Crippen LogP contribution in [0.4, 0.5) is 0 Å². The van der Waals surface area contributed by atoms with Crippen molar-refractivity contribution in [2.45, 2.75) is 50.4 Å². The van der Waals surface area contributed by atoms with E-state index in [0.29, 0.717) is 0 Å². The molecular weight excluding hydrogens is 212 g/mol. The molecular formula is C15H18O2. The molecule has 0 saturated heterocycles. The van der Waals surface area contributed by atoms with Crippen LogP contribution in [0.5, 0.6) is 0 Å². The maximum atomic E-state index is 11.5. The van der Waals surface area contributed by atoms with Gasteiger partial charge in [0.2, 0.25) is 0 Å². The Morgan fingerprint density at radius 3 is 2.35 bits per heavy atom. The molecule has 3 rings (SSSR count). The van der Waals surface area contributed by atoms with E-state index in [4.69, 9.17) is 0 Å². The summed E-state index contributed by atoms with van der Waals surface area (Å²) in [6, 6.07) is 6.38. The summed E-state index contributed by atoms with van der Waals surface area (Å²) in [6.45, 7) is 0. The standard InChI is InChI=1S/C15H18O2/c16-14(17)15(8-3-9-15)13-7-6-11-4-1-2-5-12(11)10-13/h6-7,10H,1-5,8-9H2,(H,16,17). The maximum absolute atomic E-state index is 11.5. The molecule has 2 nitrogen and oxygen atoms in total. The lowest BCUT2D eigenvalue weighted by atomic mass is 9.64. The van der Waals surface area contributed by atoms with Crippen molar-refractivity contribution in [1.82, 2.24) is 0 Å². The summed E-state index contributed by atoms with van der Waals surface area (Å²) in [5, 5.41) is 9.44. The molecule has 0 heterocycles. The molecule has 17 heavy (non-hydrogen) atoms. The van der Waals surface area contributed by atoms with E-state index < -0.39 is 11.4 Å². The highest BCUT2D eigenvalue weighted by atomic mass is 16.4. The lowest BCUT2D eigenvalue weighted by molar-refractivity contribution is -0.147. The Kier molecular flexibility index (Phi) is 2.46. The van der Waals surface area contributed by atoms with Gasteiger partial charge in [0.05, 0.1) is 5.41 Å². The molecule has 0 radical (unpaired) electrons.